The molecule has 0 atom stereocenters. The molecule has 2 aliphatic rings. The number of aromatic nitrogens is 1. The van der Waals surface area contributed by atoms with Crippen molar-refractivity contribution < 1.29 is 38.3 Å². The van der Waals surface area contributed by atoms with Crippen molar-refractivity contribution in [2.75, 3.05) is 11.4 Å². The fraction of sp³-hybridized carbons (Fsp3) is 0.500. The number of anilines is 1. The molecule has 1 spiro atoms. The molecule has 1 amide bonds. The van der Waals surface area contributed by atoms with E-state index in [2.05, 4.69) is 4.98 Å². The molecule has 1 aliphatic heterocycles. The third-order valence-corrected chi connectivity index (χ3v) is 4.16. The summed E-state index contributed by atoms with van der Waals surface area (Å²) in [5.41, 5.74) is 0.148. The number of pyridine rings is 1. The van der Waals surface area contributed by atoms with E-state index in [1.807, 2.05) is 0 Å². The van der Waals surface area contributed by atoms with Gasteiger partial charge in [-0.15, -0.1) is 0 Å². The Kier molecular flexibility index (Phi) is 4.60. The van der Waals surface area contributed by atoms with Crippen molar-refractivity contribution >= 4 is 17.7 Å². The van der Waals surface area contributed by atoms with E-state index in [1.165, 1.54) is 0 Å². The zero-order valence-electron chi connectivity index (χ0n) is 11.9. The van der Waals surface area contributed by atoms with Crippen LogP contribution in [0.3, 0.4) is 0 Å². The first-order valence-corrected chi connectivity index (χ1v) is 6.71. The molecule has 2 fully saturated rings. The normalized spacial score (nSPS) is 28.1. The Morgan fingerprint density at radius 3 is 2.71 bits per heavy atom. The van der Waals surface area contributed by atoms with Crippen LogP contribution >= 0.6 is 0 Å². The number of hydrogen-bond donors (Lipinski definition) is 0. The monoisotopic (exact) mass is 282 g/mol. The number of hydrogen-bond acceptors (Lipinski definition) is 5. The van der Waals surface area contributed by atoms with E-state index in [0.29, 0.717) is 37.9 Å². The van der Waals surface area contributed by atoms with Crippen molar-refractivity contribution in [2.24, 2.45) is 5.92 Å². The van der Waals surface area contributed by atoms with Crippen molar-refractivity contribution in [3.05, 3.63) is 24.5 Å². The minimum Gasteiger partial charge on any atom is -0.550 e. The summed E-state index contributed by atoms with van der Waals surface area (Å²) in [6.45, 7) is 0.456. The number of aliphatic carboxylic acids is 1. The smallest absolute Gasteiger partial charge is 0.550 e. The van der Waals surface area contributed by atoms with Gasteiger partial charge >= 0.3 is 25.0 Å². The second-order valence-corrected chi connectivity index (χ2v) is 5.44. The van der Waals surface area contributed by atoms with Crippen molar-refractivity contribution in [1.29, 1.82) is 0 Å². The van der Waals surface area contributed by atoms with E-state index in [4.69, 9.17) is 4.74 Å². The molecule has 0 aromatic carbocycles. The molecule has 6 nitrogen and oxygen atoms in total. The van der Waals surface area contributed by atoms with E-state index in [9.17, 15) is 14.7 Å². The van der Waals surface area contributed by atoms with Gasteiger partial charge < -0.3 is 14.6 Å². The van der Waals surface area contributed by atoms with Crippen LogP contribution in [0.4, 0.5) is 10.5 Å². The van der Waals surface area contributed by atoms with E-state index in [1.54, 1.807) is 29.4 Å². The first-order chi connectivity index (χ1) is 9.60. The maximum Gasteiger partial charge on any atom is 1.00 e. The Labute approximate surface area is 134 Å². The number of carboxylic acid groups (broad SMARTS) is 1. The summed E-state index contributed by atoms with van der Waals surface area (Å²) in [7, 11) is 0. The Hall–Kier alpha value is -1.51. The van der Waals surface area contributed by atoms with Crippen LogP contribution in [0, 0.1) is 5.92 Å². The maximum absolute atomic E-state index is 12.0. The molecular weight excluding hydrogens is 267 g/mol. The molecule has 1 aliphatic carbocycles. The quantitative estimate of drug-likeness (QED) is 0.571. The number of carbonyl (C=O) groups excluding carboxylic acids is 2. The standard InChI is InChI=1S/C14H16N2O4.Li/c17-12(18)10-3-5-14(6-4-10)9-16(13(19)20-14)11-2-1-7-15-8-11;/h1-2,7-8,10H,3-6,9H2,(H,17,18);/q;+1/p-1. The molecule has 106 valence electrons. The topological polar surface area (TPSA) is 82.6 Å². The van der Waals surface area contributed by atoms with Crippen molar-refractivity contribution in [3.8, 4) is 0 Å². The fourth-order valence-corrected chi connectivity index (χ4v) is 2.98. The van der Waals surface area contributed by atoms with Gasteiger partial charge in [0, 0.05) is 12.2 Å². The first kappa shape index (κ1) is 15.9. The zero-order chi connectivity index (χ0) is 14.2. The minimum atomic E-state index is -1.01. The molecule has 1 aromatic rings. The summed E-state index contributed by atoms with van der Waals surface area (Å²) >= 11 is 0. The van der Waals surface area contributed by atoms with E-state index in [0.717, 1.165) is 0 Å². The molecule has 0 bridgehead atoms. The predicted octanol–water partition coefficient (Wildman–Crippen LogP) is -2.28. The third-order valence-electron chi connectivity index (χ3n) is 4.16. The van der Waals surface area contributed by atoms with Gasteiger partial charge in [0.2, 0.25) is 0 Å². The predicted molar refractivity (Wildman–Crippen MR) is 67.8 cm³/mol. The average molecular weight is 282 g/mol. The van der Waals surface area contributed by atoms with Crippen molar-refractivity contribution in [1.82, 2.24) is 4.98 Å². The second kappa shape index (κ2) is 6.08. The van der Waals surface area contributed by atoms with Gasteiger partial charge in [-0.1, -0.05) is 0 Å². The Morgan fingerprint density at radius 1 is 1.43 bits per heavy atom. The minimum absolute atomic E-state index is 0. The van der Waals surface area contributed by atoms with Crippen LogP contribution in [0.2, 0.25) is 0 Å². The molecule has 0 radical (unpaired) electrons. The van der Waals surface area contributed by atoms with Crippen molar-refractivity contribution in [3.63, 3.8) is 0 Å². The molecule has 1 aromatic heterocycles. The summed E-state index contributed by atoms with van der Waals surface area (Å²) in [6, 6.07) is 3.57. The Morgan fingerprint density at radius 2 is 2.14 bits per heavy atom. The number of carboxylic acids is 1. The Bertz CT molecular complexity index is 529. The SMILES string of the molecule is O=C([O-])C1CCC2(CC1)CN(c1cccnc1)C(=O)O2.[Li+]. The molecule has 0 unspecified atom stereocenters. The second-order valence-electron chi connectivity index (χ2n) is 5.44. The number of rotatable bonds is 2. The third kappa shape index (κ3) is 3.07. The molecule has 1 saturated carbocycles. The summed E-state index contributed by atoms with van der Waals surface area (Å²) in [5, 5.41) is 10.9. The molecule has 3 rings (SSSR count). The van der Waals surface area contributed by atoms with Crippen LogP contribution in [0.5, 0.6) is 0 Å². The summed E-state index contributed by atoms with van der Waals surface area (Å²) in [5.74, 6) is -1.43. The van der Waals surface area contributed by atoms with Gasteiger partial charge in [-0.25, -0.2) is 4.79 Å². The molecule has 7 heteroatoms. The van der Waals surface area contributed by atoms with Gasteiger partial charge in [0.15, 0.2) is 0 Å². The molecular formula is C14H15LiN2O4. The van der Waals surface area contributed by atoms with Gasteiger partial charge in [-0.2, -0.15) is 0 Å². The van der Waals surface area contributed by atoms with E-state index < -0.39 is 17.5 Å². The van der Waals surface area contributed by atoms with Gasteiger partial charge in [0.1, 0.15) is 5.60 Å². The molecule has 21 heavy (non-hydrogen) atoms. The first-order valence-electron chi connectivity index (χ1n) is 6.71. The van der Waals surface area contributed by atoms with Gasteiger partial charge in [-0.05, 0) is 43.7 Å². The van der Waals surface area contributed by atoms with Crippen LogP contribution in [-0.4, -0.2) is 29.2 Å². The van der Waals surface area contributed by atoms with Crippen LogP contribution in [0.15, 0.2) is 24.5 Å². The average Bonchev–Trinajstić information content (AvgIpc) is 2.77. The van der Waals surface area contributed by atoms with Crippen LogP contribution in [0.25, 0.3) is 0 Å². The molecule has 1 saturated heterocycles. The number of nitrogens with zero attached hydrogens (tertiary/aromatic N) is 2. The van der Waals surface area contributed by atoms with Gasteiger partial charge in [0.05, 0.1) is 18.4 Å². The van der Waals surface area contributed by atoms with Crippen molar-refractivity contribution in [2.45, 2.75) is 31.3 Å². The van der Waals surface area contributed by atoms with E-state index in [-0.39, 0.29) is 25.0 Å². The largest absolute Gasteiger partial charge is 1.00 e. The number of ether oxygens (including phenoxy) is 1. The van der Waals surface area contributed by atoms with Gasteiger partial charge in [-0.3, -0.25) is 9.88 Å². The van der Waals surface area contributed by atoms with Gasteiger partial charge in [0.25, 0.3) is 0 Å². The van der Waals surface area contributed by atoms with Crippen LogP contribution < -0.4 is 28.9 Å². The molecule has 0 N–H and O–H groups in total. The zero-order valence-corrected chi connectivity index (χ0v) is 11.9. The Balaban J connectivity index is 0.00000161. The number of carbonyl (C=O) groups is 2. The van der Waals surface area contributed by atoms with Crippen LogP contribution in [0.1, 0.15) is 25.7 Å². The summed E-state index contributed by atoms with van der Waals surface area (Å²) in [4.78, 5) is 28.4. The summed E-state index contributed by atoms with van der Waals surface area (Å²) < 4.78 is 5.53. The number of amides is 1. The maximum atomic E-state index is 12.0. The molecule has 2 heterocycles. The fourth-order valence-electron chi connectivity index (χ4n) is 2.98. The summed E-state index contributed by atoms with van der Waals surface area (Å²) in [6.07, 6.45) is 5.00. The van der Waals surface area contributed by atoms with Crippen LogP contribution in [-0.2, 0) is 9.53 Å². The van der Waals surface area contributed by atoms with E-state index >= 15 is 0 Å².